The fourth-order valence-corrected chi connectivity index (χ4v) is 4.75. The van der Waals surface area contributed by atoms with E-state index in [1.54, 1.807) is 18.0 Å². The molecule has 0 saturated carbocycles. The summed E-state index contributed by atoms with van der Waals surface area (Å²) in [5, 5.41) is 10.1. The lowest BCUT2D eigenvalue weighted by molar-refractivity contribution is -0.142. The van der Waals surface area contributed by atoms with E-state index >= 15 is 0 Å². The monoisotopic (exact) mass is 521 g/mol. The van der Waals surface area contributed by atoms with Crippen molar-refractivity contribution < 1.29 is 27.5 Å². The highest BCUT2D eigenvalue weighted by Crippen LogP contribution is 2.35. The Hall–Kier alpha value is -3.41. The molecule has 1 aliphatic rings. The Morgan fingerprint density at radius 1 is 1.22 bits per heavy atom. The molecule has 1 saturated heterocycles. The quantitative estimate of drug-likeness (QED) is 0.435. The lowest BCUT2D eigenvalue weighted by atomic mass is 9.97. The Kier molecular flexibility index (Phi) is 7.92. The summed E-state index contributed by atoms with van der Waals surface area (Å²) in [7, 11) is 0. The molecule has 1 fully saturated rings. The van der Waals surface area contributed by atoms with Crippen LogP contribution in [0, 0.1) is 5.92 Å². The molecule has 4 rings (SSSR count). The van der Waals surface area contributed by atoms with Gasteiger partial charge >= 0.3 is 18.2 Å². The van der Waals surface area contributed by atoms with Gasteiger partial charge in [-0.2, -0.15) is 24.5 Å². The number of fused-ring (bicyclic) bond motifs is 1. The van der Waals surface area contributed by atoms with Gasteiger partial charge in [-0.3, -0.25) is 4.79 Å². The molecule has 0 aromatic carbocycles. The van der Waals surface area contributed by atoms with E-state index in [1.807, 2.05) is 16.8 Å². The summed E-state index contributed by atoms with van der Waals surface area (Å²) in [4.78, 5) is 33.8. The number of alkyl halides is 3. The van der Waals surface area contributed by atoms with Crippen LogP contribution in [0.4, 0.5) is 23.8 Å². The first kappa shape index (κ1) is 25.7. The second-order valence-corrected chi connectivity index (χ2v) is 9.18. The summed E-state index contributed by atoms with van der Waals surface area (Å²) < 4.78 is 44.8. The van der Waals surface area contributed by atoms with E-state index in [9.17, 15) is 22.8 Å². The zero-order chi connectivity index (χ0) is 25.7. The number of urea groups is 1. The number of carbonyl (C=O) groups excluding carboxylic acids is 2. The van der Waals surface area contributed by atoms with Gasteiger partial charge in [0.05, 0.1) is 12.1 Å². The molecule has 192 valence electrons. The SMILES string of the molecule is CCOC(=O)CNC(=O)N1CCC(CNc2ncc(-c3ccsc3)c3nc(C(F)(F)F)ccc23)CC1. The highest BCUT2D eigenvalue weighted by atomic mass is 32.1. The molecule has 0 aliphatic carbocycles. The molecule has 0 unspecified atom stereocenters. The normalized spacial score (nSPS) is 14.6. The molecule has 2 N–H and O–H groups in total. The van der Waals surface area contributed by atoms with Crippen LogP contribution < -0.4 is 10.6 Å². The average molecular weight is 522 g/mol. The van der Waals surface area contributed by atoms with E-state index in [4.69, 9.17) is 4.74 Å². The van der Waals surface area contributed by atoms with E-state index in [0.717, 1.165) is 24.5 Å². The number of nitrogens with zero attached hydrogens (tertiary/aromatic N) is 3. The van der Waals surface area contributed by atoms with Gasteiger partial charge in [0.25, 0.3) is 0 Å². The Labute approximate surface area is 209 Å². The van der Waals surface area contributed by atoms with Gasteiger partial charge in [-0.05, 0) is 60.2 Å². The zero-order valence-corrected chi connectivity index (χ0v) is 20.4. The Balaban J connectivity index is 1.41. The molecule has 1 aliphatic heterocycles. The maximum absolute atomic E-state index is 13.3. The van der Waals surface area contributed by atoms with Crippen LogP contribution >= 0.6 is 11.3 Å². The van der Waals surface area contributed by atoms with E-state index in [0.29, 0.717) is 36.4 Å². The number of aromatic nitrogens is 2. The van der Waals surface area contributed by atoms with Crippen molar-refractivity contribution in [1.82, 2.24) is 20.2 Å². The van der Waals surface area contributed by atoms with E-state index in [2.05, 4.69) is 20.6 Å². The van der Waals surface area contributed by atoms with Crippen LogP contribution in [0.5, 0.6) is 0 Å². The summed E-state index contributed by atoms with van der Waals surface area (Å²) in [5.74, 6) is 0.237. The predicted octanol–water partition coefficient (Wildman–Crippen LogP) is 4.77. The molecule has 36 heavy (non-hydrogen) atoms. The number of hydrogen-bond acceptors (Lipinski definition) is 7. The highest BCUT2D eigenvalue weighted by Gasteiger charge is 2.33. The van der Waals surface area contributed by atoms with Crippen molar-refractivity contribution in [2.24, 2.45) is 5.92 Å². The number of thiophene rings is 1. The number of nitrogens with one attached hydrogen (secondary N) is 2. The minimum atomic E-state index is -4.55. The third kappa shape index (κ3) is 6.04. The molecule has 0 spiro atoms. The molecular formula is C24H26F3N5O3S. The molecule has 3 aromatic rings. The Morgan fingerprint density at radius 3 is 2.67 bits per heavy atom. The minimum Gasteiger partial charge on any atom is -0.465 e. The van der Waals surface area contributed by atoms with Crippen LogP contribution in [0.3, 0.4) is 0 Å². The number of esters is 1. The topological polar surface area (TPSA) is 96.5 Å². The first-order chi connectivity index (χ1) is 17.3. The molecule has 0 bridgehead atoms. The number of halogens is 3. The van der Waals surface area contributed by atoms with Gasteiger partial charge in [-0.25, -0.2) is 14.8 Å². The van der Waals surface area contributed by atoms with Crippen LogP contribution in [0.2, 0.25) is 0 Å². The number of rotatable bonds is 7. The second-order valence-electron chi connectivity index (χ2n) is 8.40. The van der Waals surface area contributed by atoms with Gasteiger partial charge in [0.1, 0.15) is 18.1 Å². The van der Waals surface area contributed by atoms with Gasteiger partial charge < -0.3 is 20.3 Å². The smallest absolute Gasteiger partial charge is 0.433 e. The van der Waals surface area contributed by atoms with Gasteiger partial charge in [0, 0.05) is 36.8 Å². The largest absolute Gasteiger partial charge is 0.465 e. The van der Waals surface area contributed by atoms with E-state index < -0.39 is 17.8 Å². The van der Waals surface area contributed by atoms with Crippen molar-refractivity contribution in [1.29, 1.82) is 0 Å². The molecule has 4 heterocycles. The number of carbonyl (C=O) groups is 2. The summed E-state index contributed by atoms with van der Waals surface area (Å²) in [5.41, 5.74) is 0.612. The van der Waals surface area contributed by atoms with Crippen molar-refractivity contribution in [3.05, 3.63) is 40.8 Å². The number of likely N-dealkylation sites (tertiary alicyclic amines) is 1. The van der Waals surface area contributed by atoms with E-state index in [-0.39, 0.29) is 30.6 Å². The van der Waals surface area contributed by atoms with Crippen molar-refractivity contribution in [3.8, 4) is 11.1 Å². The number of hydrogen-bond donors (Lipinski definition) is 2. The number of amides is 2. The third-order valence-corrected chi connectivity index (χ3v) is 6.68. The number of piperidine rings is 1. The highest BCUT2D eigenvalue weighted by molar-refractivity contribution is 7.08. The van der Waals surface area contributed by atoms with Crippen LogP contribution in [-0.2, 0) is 15.7 Å². The number of pyridine rings is 2. The number of ether oxygens (including phenoxy) is 1. The standard InChI is InChI=1S/C24H26F3N5O3S/c1-2-35-20(33)13-30-23(34)32-8-5-15(6-9-32)11-28-22-17-3-4-19(24(25,26)27)31-21(17)18(12-29-22)16-7-10-36-14-16/h3-4,7,10,12,14-15H,2,5-6,8-9,11,13H2,1H3,(H,28,29)(H,30,34). The fourth-order valence-electron chi connectivity index (χ4n) is 4.10. The van der Waals surface area contributed by atoms with Crippen LogP contribution in [0.15, 0.2) is 35.2 Å². The Morgan fingerprint density at radius 2 is 2.00 bits per heavy atom. The molecular weight excluding hydrogens is 495 g/mol. The summed E-state index contributed by atoms with van der Waals surface area (Å²) in [6, 6.07) is 3.90. The van der Waals surface area contributed by atoms with Gasteiger partial charge in [-0.15, -0.1) is 0 Å². The average Bonchev–Trinajstić information content (AvgIpc) is 3.40. The van der Waals surface area contributed by atoms with Gasteiger partial charge in [0.15, 0.2) is 0 Å². The van der Waals surface area contributed by atoms with E-state index in [1.165, 1.54) is 17.4 Å². The first-order valence-electron chi connectivity index (χ1n) is 11.6. The van der Waals surface area contributed by atoms with Crippen molar-refractivity contribution in [2.45, 2.75) is 25.9 Å². The van der Waals surface area contributed by atoms with Crippen LogP contribution in [-0.4, -0.2) is 59.7 Å². The predicted molar refractivity (Wildman–Crippen MR) is 131 cm³/mol. The maximum atomic E-state index is 13.3. The molecule has 3 aromatic heterocycles. The maximum Gasteiger partial charge on any atom is 0.433 e. The van der Waals surface area contributed by atoms with Gasteiger partial charge in [-0.1, -0.05) is 0 Å². The number of anilines is 1. The van der Waals surface area contributed by atoms with Crippen LogP contribution in [0.1, 0.15) is 25.5 Å². The molecule has 0 atom stereocenters. The summed E-state index contributed by atoms with van der Waals surface area (Å²) >= 11 is 1.45. The molecule has 12 heteroatoms. The minimum absolute atomic E-state index is 0.168. The lowest BCUT2D eigenvalue weighted by Crippen LogP contribution is -2.46. The summed E-state index contributed by atoms with van der Waals surface area (Å²) in [6.07, 6.45) is -1.52. The van der Waals surface area contributed by atoms with Crippen LogP contribution in [0.25, 0.3) is 22.0 Å². The second kappa shape index (κ2) is 11.1. The fraction of sp³-hybridized carbons (Fsp3) is 0.417. The van der Waals surface area contributed by atoms with Crippen molar-refractivity contribution >= 4 is 40.1 Å². The first-order valence-corrected chi connectivity index (χ1v) is 12.5. The summed E-state index contributed by atoms with van der Waals surface area (Å²) in [6.45, 7) is 3.40. The van der Waals surface area contributed by atoms with Gasteiger partial charge in [0.2, 0.25) is 0 Å². The molecule has 8 nitrogen and oxygen atoms in total. The third-order valence-electron chi connectivity index (χ3n) is 6.00. The Bertz CT molecular complexity index is 1210. The lowest BCUT2D eigenvalue weighted by Gasteiger charge is -2.32. The van der Waals surface area contributed by atoms with Crippen molar-refractivity contribution in [3.63, 3.8) is 0 Å². The zero-order valence-electron chi connectivity index (χ0n) is 19.6. The molecule has 0 radical (unpaired) electrons. The molecule has 2 amide bonds. The van der Waals surface area contributed by atoms with Crippen molar-refractivity contribution in [2.75, 3.05) is 38.1 Å².